The highest BCUT2D eigenvalue weighted by Crippen LogP contribution is 2.34. The van der Waals surface area contributed by atoms with Crippen LogP contribution in [-0.4, -0.2) is 17.1 Å². The molecule has 1 fully saturated rings. The van der Waals surface area contributed by atoms with Crippen LogP contribution in [0.25, 0.3) is 0 Å². The second kappa shape index (κ2) is 5.60. The zero-order valence-corrected chi connectivity index (χ0v) is 11.5. The summed E-state index contributed by atoms with van der Waals surface area (Å²) in [6, 6.07) is 3.90. The molecule has 20 heavy (non-hydrogen) atoms. The molecule has 0 aromatic carbocycles. The van der Waals surface area contributed by atoms with E-state index in [4.69, 9.17) is 5.73 Å². The molecule has 0 saturated heterocycles. The average molecular weight is 287 g/mol. The summed E-state index contributed by atoms with van der Waals surface area (Å²) in [5, 5.41) is 3.14. The van der Waals surface area contributed by atoms with Crippen molar-refractivity contribution in [2.24, 2.45) is 11.7 Å². The van der Waals surface area contributed by atoms with Crippen LogP contribution in [0.3, 0.4) is 0 Å². The molecule has 3 nitrogen and oxygen atoms in total. The van der Waals surface area contributed by atoms with Crippen molar-refractivity contribution in [1.29, 1.82) is 0 Å². The van der Waals surface area contributed by atoms with Gasteiger partial charge >= 0.3 is 6.18 Å². The lowest BCUT2D eigenvalue weighted by Gasteiger charge is -2.39. The molecule has 1 aromatic heterocycles. The third kappa shape index (κ3) is 3.42. The SMILES string of the molecule is CC1CCC(CN)(Nc2cccc(C(F)(F)F)n2)CC1. The van der Waals surface area contributed by atoms with Gasteiger partial charge < -0.3 is 11.1 Å². The number of anilines is 1. The number of nitrogens with zero attached hydrogens (tertiary/aromatic N) is 1. The molecule has 0 aliphatic heterocycles. The molecule has 3 N–H and O–H groups in total. The summed E-state index contributed by atoms with van der Waals surface area (Å²) >= 11 is 0. The largest absolute Gasteiger partial charge is 0.433 e. The van der Waals surface area contributed by atoms with E-state index >= 15 is 0 Å². The number of hydrogen-bond donors (Lipinski definition) is 2. The molecule has 0 unspecified atom stereocenters. The predicted octanol–water partition coefficient (Wildman–Crippen LogP) is 3.42. The summed E-state index contributed by atoms with van der Waals surface area (Å²) in [5.74, 6) is 0.894. The summed E-state index contributed by atoms with van der Waals surface area (Å²) in [5.41, 5.74) is 4.64. The van der Waals surface area contributed by atoms with Crippen LogP contribution in [0.5, 0.6) is 0 Å². The zero-order chi connectivity index (χ0) is 14.8. The number of rotatable bonds is 3. The van der Waals surface area contributed by atoms with Crippen molar-refractivity contribution in [2.75, 3.05) is 11.9 Å². The number of pyridine rings is 1. The first-order chi connectivity index (χ1) is 9.35. The summed E-state index contributed by atoms with van der Waals surface area (Å²) < 4.78 is 38.0. The maximum Gasteiger partial charge on any atom is 0.433 e. The number of halogens is 3. The number of alkyl halides is 3. The van der Waals surface area contributed by atoms with Crippen LogP contribution in [0.1, 0.15) is 38.3 Å². The standard InChI is InChI=1S/C14H20F3N3/c1-10-5-7-13(9-18,8-6-10)20-12-4-2-3-11(19-12)14(15,16)17/h2-4,10H,5-9,18H2,1H3,(H,19,20). The van der Waals surface area contributed by atoms with E-state index in [1.54, 1.807) is 6.07 Å². The lowest BCUT2D eigenvalue weighted by Crippen LogP contribution is -2.48. The van der Waals surface area contributed by atoms with Crippen LogP contribution in [0.4, 0.5) is 19.0 Å². The van der Waals surface area contributed by atoms with Crippen molar-refractivity contribution < 1.29 is 13.2 Å². The smallest absolute Gasteiger partial charge is 0.363 e. The second-order valence-electron chi connectivity index (χ2n) is 5.70. The predicted molar refractivity (Wildman–Crippen MR) is 72.3 cm³/mol. The average Bonchev–Trinajstić information content (AvgIpc) is 2.41. The highest BCUT2D eigenvalue weighted by atomic mass is 19.4. The van der Waals surface area contributed by atoms with Gasteiger partial charge in [0.2, 0.25) is 0 Å². The van der Waals surface area contributed by atoms with Crippen LogP contribution in [-0.2, 0) is 6.18 Å². The second-order valence-corrected chi connectivity index (χ2v) is 5.70. The van der Waals surface area contributed by atoms with Crippen molar-refractivity contribution in [1.82, 2.24) is 4.98 Å². The highest BCUT2D eigenvalue weighted by Gasteiger charge is 2.35. The minimum Gasteiger partial charge on any atom is -0.363 e. The molecule has 0 amide bonds. The van der Waals surface area contributed by atoms with Gasteiger partial charge in [-0.15, -0.1) is 0 Å². The van der Waals surface area contributed by atoms with E-state index < -0.39 is 11.9 Å². The molecule has 1 aliphatic rings. The van der Waals surface area contributed by atoms with Crippen molar-refractivity contribution in [3.8, 4) is 0 Å². The Hall–Kier alpha value is -1.30. The van der Waals surface area contributed by atoms with Gasteiger partial charge in [-0.25, -0.2) is 4.98 Å². The minimum atomic E-state index is -4.42. The summed E-state index contributed by atoms with van der Waals surface area (Å²) in [4.78, 5) is 3.66. The summed E-state index contributed by atoms with van der Waals surface area (Å²) in [6.45, 7) is 2.58. The Morgan fingerprint density at radius 3 is 2.55 bits per heavy atom. The van der Waals surface area contributed by atoms with Crippen molar-refractivity contribution in [3.63, 3.8) is 0 Å². The van der Waals surface area contributed by atoms with Crippen LogP contribution >= 0.6 is 0 Å². The zero-order valence-electron chi connectivity index (χ0n) is 11.5. The minimum absolute atomic E-state index is 0.250. The first-order valence-corrected chi connectivity index (χ1v) is 6.87. The number of nitrogens with one attached hydrogen (secondary N) is 1. The molecule has 0 radical (unpaired) electrons. The van der Waals surface area contributed by atoms with Crippen molar-refractivity contribution >= 4 is 5.82 Å². The molecule has 112 valence electrons. The summed E-state index contributed by atoms with van der Waals surface area (Å²) in [7, 11) is 0. The molecule has 1 heterocycles. The van der Waals surface area contributed by atoms with Crippen molar-refractivity contribution in [2.45, 2.75) is 44.3 Å². The van der Waals surface area contributed by atoms with Gasteiger partial charge in [0.25, 0.3) is 0 Å². The fraction of sp³-hybridized carbons (Fsp3) is 0.643. The molecule has 0 spiro atoms. The normalized spacial score (nSPS) is 27.4. The molecule has 0 atom stereocenters. The molecule has 1 aliphatic carbocycles. The van der Waals surface area contributed by atoms with E-state index in [9.17, 15) is 13.2 Å². The van der Waals surface area contributed by atoms with E-state index in [1.807, 2.05) is 0 Å². The fourth-order valence-corrected chi connectivity index (χ4v) is 2.63. The van der Waals surface area contributed by atoms with Gasteiger partial charge in [-0.3, -0.25) is 0 Å². The molecule has 2 rings (SSSR count). The van der Waals surface area contributed by atoms with E-state index in [1.165, 1.54) is 6.07 Å². The van der Waals surface area contributed by atoms with Gasteiger partial charge in [-0.05, 0) is 43.7 Å². The Morgan fingerprint density at radius 2 is 2.00 bits per heavy atom. The molecule has 1 saturated carbocycles. The third-order valence-corrected chi connectivity index (χ3v) is 4.05. The quantitative estimate of drug-likeness (QED) is 0.895. The monoisotopic (exact) mass is 287 g/mol. The van der Waals surface area contributed by atoms with E-state index in [0.717, 1.165) is 31.7 Å². The maximum absolute atomic E-state index is 12.7. The Bertz CT molecular complexity index is 451. The fourth-order valence-electron chi connectivity index (χ4n) is 2.63. The first kappa shape index (κ1) is 15.1. The summed E-state index contributed by atoms with van der Waals surface area (Å²) in [6.07, 6.45) is -0.633. The molecular formula is C14H20F3N3. The Labute approximate surface area is 116 Å². The van der Waals surface area contributed by atoms with Gasteiger partial charge in [0.1, 0.15) is 11.5 Å². The number of hydrogen-bond acceptors (Lipinski definition) is 3. The topological polar surface area (TPSA) is 50.9 Å². The van der Waals surface area contributed by atoms with Crippen LogP contribution in [0.2, 0.25) is 0 Å². The van der Waals surface area contributed by atoms with Crippen LogP contribution in [0.15, 0.2) is 18.2 Å². The highest BCUT2D eigenvalue weighted by molar-refractivity contribution is 5.39. The van der Waals surface area contributed by atoms with Gasteiger partial charge in [0.15, 0.2) is 0 Å². The van der Waals surface area contributed by atoms with Gasteiger partial charge in [-0.2, -0.15) is 13.2 Å². The molecule has 1 aromatic rings. The van der Waals surface area contributed by atoms with Crippen LogP contribution < -0.4 is 11.1 Å². The molecule has 0 bridgehead atoms. The van der Waals surface area contributed by atoms with Crippen molar-refractivity contribution in [3.05, 3.63) is 23.9 Å². The van der Waals surface area contributed by atoms with Crippen LogP contribution in [0, 0.1) is 5.92 Å². The van der Waals surface area contributed by atoms with E-state index in [-0.39, 0.29) is 11.4 Å². The lowest BCUT2D eigenvalue weighted by atomic mass is 9.77. The number of nitrogens with two attached hydrogens (primary N) is 1. The van der Waals surface area contributed by atoms with Gasteiger partial charge in [-0.1, -0.05) is 13.0 Å². The van der Waals surface area contributed by atoms with Gasteiger partial charge in [0.05, 0.1) is 5.54 Å². The lowest BCUT2D eigenvalue weighted by molar-refractivity contribution is -0.141. The maximum atomic E-state index is 12.7. The Morgan fingerprint density at radius 1 is 1.35 bits per heavy atom. The third-order valence-electron chi connectivity index (χ3n) is 4.05. The Balaban J connectivity index is 2.16. The molecular weight excluding hydrogens is 267 g/mol. The molecule has 6 heteroatoms. The van der Waals surface area contributed by atoms with Gasteiger partial charge in [0, 0.05) is 6.54 Å². The first-order valence-electron chi connectivity index (χ1n) is 6.87. The van der Waals surface area contributed by atoms with E-state index in [2.05, 4.69) is 17.2 Å². The van der Waals surface area contributed by atoms with E-state index in [0.29, 0.717) is 12.5 Å². The Kier molecular flexibility index (Phi) is 4.22. The number of aromatic nitrogens is 1.